The Kier molecular flexibility index (Phi) is 9.83. The first-order chi connectivity index (χ1) is 10.5. The number of amides is 2. The van der Waals surface area contributed by atoms with Crippen molar-refractivity contribution >= 4 is 12.0 Å². The Balaban J connectivity index is 3.38. The van der Waals surface area contributed by atoms with Crippen LogP contribution in [0.25, 0.3) is 0 Å². The molecule has 0 aromatic rings. The van der Waals surface area contributed by atoms with E-state index in [2.05, 4.69) is 10.6 Å². The van der Waals surface area contributed by atoms with Crippen LogP contribution in [0.5, 0.6) is 0 Å². The maximum absolute atomic E-state index is 11.6. The highest BCUT2D eigenvalue weighted by Gasteiger charge is 2.20. The highest BCUT2D eigenvalue weighted by Crippen LogP contribution is 2.11. The summed E-state index contributed by atoms with van der Waals surface area (Å²) in [5.41, 5.74) is -0.883. The summed E-state index contributed by atoms with van der Waals surface area (Å²) in [7, 11) is 0. The second-order valence-electron chi connectivity index (χ2n) is 7.16. The van der Waals surface area contributed by atoms with E-state index in [0.717, 1.165) is 0 Å². The van der Waals surface area contributed by atoms with E-state index in [9.17, 15) is 9.59 Å². The number of rotatable bonds is 9. The van der Waals surface area contributed by atoms with Crippen molar-refractivity contribution in [3.63, 3.8) is 0 Å². The van der Waals surface area contributed by atoms with E-state index in [1.165, 1.54) is 0 Å². The van der Waals surface area contributed by atoms with Gasteiger partial charge in [0, 0.05) is 18.5 Å². The molecule has 0 bridgehead atoms. The number of hydrogen-bond acceptors (Lipinski definition) is 5. The first-order valence-electron chi connectivity index (χ1n) is 7.93. The minimum Gasteiger partial charge on any atom is -0.444 e. The van der Waals surface area contributed by atoms with E-state index in [0.29, 0.717) is 39.5 Å². The molecule has 0 aliphatic rings. The van der Waals surface area contributed by atoms with Crippen LogP contribution in [-0.2, 0) is 19.0 Å². The maximum atomic E-state index is 11.6. The summed E-state index contributed by atoms with van der Waals surface area (Å²) >= 11 is 0. The van der Waals surface area contributed by atoms with Gasteiger partial charge in [-0.2, -0.15) is 0 Å². The lowest BCUT2D eigenvalue weighted by Crippen LogP contribution is -2.36. The molecule has 0 aromatic heterocycles. The number of hydrogen-bond donors (Lipinski definition) is 2. The Morgan fingerprint density at radius 1 is 0.783 bits per heavy atom. The van der Waals surface area contributed by atoms with Gasteiger partial charge in [0.2, 0.25) is 5.91 Å². The molecule has 0 saturated carbocycles. The number of nitrogens with one attached hydrogen (secondary N) is 2. The van der Waals surface area contributed by atoms with Crippen LogP contribution < -0.4 is 10.6 Å². The normalized spacial score (nSPS) is 11.9. The number of ether oxygens (including phenoxy) is 3. The second kappa shape index (κ2) is 10.4. The quantitative estimate of drug-likeness (QED) is 0.628. The zero-order chi connectivity index (χ0) is 17.9. The molecule has 0 aliphatic carbocycles. The van der Waals surface area contributed by atoms with Crippen molar-refractivity contribution < 1.29 is 23.8 Å². The molecule has 23 heavy (non-hydrogen) atoms. The summed E-state index contributed by atoms with van der Waals surface area (Å²) in [4.78, 5) is 22.9. The van der Waals surface area contributed by atoms with E-state index in [1.54, 1.807) is 0 Å². The first kappa shape index (κ1) is 21.7. The smallest absolute Gasteiger partial charge is 0.407 e. The molecule has 0 aliphatic heterocycles. The van der Waals surface area contributed by atoms with Crippen LogP contribution in [-0.4, -0.2) is 57.1 Å². The van der Waals surface area contributed by atoms with Crippen molar-refractivity contribution in [2.75, 3.05) is 39.5 Å². The molecule has 7 heteroatoms. The summed E-state index contributed by atoms with van der Waals surface area (Å²) < 4.78 is 15.7. The van der Waals surface area contributed by atoms with Crippen LogP contribution in [0, 0.1) is 5.41 Å². The molecule has 2 amide bonds. The molecule has 0 spiro atoms. The standard InChI is InChI=1S/C16H32N2O5/c1-15(2,3)13(19)17-7-9-21-11-12-22-10-8-18-14(20)23-16(4,5)6/h7-12H2,1-6H3,(H,17,19)(H,18,20). The van der Waals surface area contributed by atoms with Crippen LogP contribution in [0.1, 0.15) is 41.5 Å². The van der Waals surface area contributed by atoms with Gasteiger partial charge in [0.15, 0.2) is 0 Å². The minimum atomic E-state index is -0.499. The molecule has 2 N–H and O–H groups in total. The summed E-state index contributed by atoms with van der Waals surface area (Å²) in [6.45, 7) is 13.6. The zero-order valence-corrected chi connectivity index (χ0v) is 15.3. The van der Waals surface area contributed by atoms with E-state index in [1.807, 2.05) is 41.5 Å². The molecular formula is C16H32N2O5. The molecule has 136 valence electrons. The van der Waals surface area contributed by atoms with Crippen molar-refractivity contribution in [3.8, 4) is 0 Å². The third-order valence-corrected chi connectivity index (χ3v) is 2.50. The van der Waals surface area contributed by atoms with Crippen LogP contribution in [0.2, 0.25) is 0 Å². The Bertz CT molecular complexity index is 358. The van der Waals surface area contributed by atoms with Crippen molar-refractivity contribution in [2.45, 2.75) is 47.1 Å². The summed E-state index contributed by atoms with van der Waals surface area (Å²) in [6.07, 6.45) is -0.452. The predicted octanol–water partition coefficient (Wildman–Crippen LogP) is 1.71. The molecule has 0 fully saturated rings. The molecule has 0 heterocycles. The lowest BCUT2D eigenvalue weighted by Gasteiger charge is -2.19. The SMILES string of the molecule is CC(C)(C)OC(=O)NCCOCCOCCNC(=O)C(C)(C)C. The van der Waals surface area contributed by atoms with E-state index in [4.69, 9.17) is 14.2 Å². The topological polar surface area (TPSA) is 85.9 Å². The van der Waals surface area contributed by atoms with Gasteiger partial charge in [-0.25, -0.2) is 4.79 Å². The lowest BCUT2D eigenvalue weighted by molar-refractivity contribution is -0.128. The first-order valence-corrected chi connectivity index (χ1v) is 7.93. The average molecular weight is 332 g/mol. The van der Waals surface area contributed by atoms with Gasteiger partial charge < -0.3 is 24.8 Å². The van der Waals surface area contributed by atoms with Gasteiger partial charge in [0.25, 0.3) is 0 Å². The number of carbonyl (C=O) groups is 2. The number of carbonyl (C=O) groups excluding carboxylic acids is 2. The summed E-state index contributed by atoms with van der Waals surface area (Å²) in [6, 6.07) is 0. The Morgan fingerprint density at radius 3 is 1.70 bits per heavy atom. The third kappa shape index (κ3) is 14.0. The summed E-state index contributed by atoms with van der Waals surface area (Å²) in [5.74, 6) is 0.00515. The van der Waals surface area contributed by atoms with Crippen molar-refractivity contribution in [1.82, 2.24) is 10.6 Å². The van der Waals surface area contributed by atoms with E-state index in [-0.39, 0.29) is 11.3 Å². The molecule has 0 unspecified atom stereocenters. The molecular weight excluding hydrogens is 300 g/mol. The fraction of sp³-hybridized carbons (Fsp3) is 0.875. The molecule has 0 saturated heterocycles. The van der Waals surface area contributed by atoms with Gasteiger partial charge in [-0.15, -0.1) is 0 Å². The predicted molar refractivity (Wildman–Crippen MR) is 88.3 cm³/mol. The van der Waals surface area contributed by atoms with Gasteiger partial charge in [0.1, 0.15) is 5.60 Å². The molecule has 0 atom stereocenters. The molecule has 0 rings (SSSR count). The third-order valence-electron chi connectivity index (χ3n) is 2.50. The fourth-order valence-corrected chi connectivity index (χ4v) is 1.36. The van der Waals surface area contributed by atoms with Crippen LogP contribution in [0.4, 0.5) is 4.79 Å². The largest absolute Gasteiger partial charge is 0.444 e. The van der Waals surface area contributed by atoms with Crippen LogP contribution in [0.3, 0.4) is 0 Å². The van der Waals surface area contributed by atoms with Gasteiger partial charge >= 0.3 is 6.09 Å². The lowest BCUT2D eigenvalue weighted by atomic mass is 9.96. The van der Waals surface area contributed by atoms with Crippen molar-refractivity contribution in [2.24, 2.45) is 5.41 Å². The Hall–Kier alpha value is -1.34. The fourth-order valence-electron chi connectivity index (χ4n) is 1.36. The number of alkyl carbamates (subject to hydrolysis) is 1. The van der Waals surface area contributed by atoms with E-state index < -0.39 is 11.7 Å². The molecule has 7 nitrogen and oxygen atoms in total. The highest BCUT2D eigenvalue weighted by atomic mass is 16.6. The van der Waals surface area contributed by atoms with Crippen LogP contribution >= 0.6 is 0 Å². The van der Waals surface area contributed by atoms with Crippen LogP contribution in [0.15, 0.2) is 0 Å². The molecule has 0 aromatic carbocycles. The summed E-state index contributed by atoms with van der Waals surface area (Å²) in [5, 5.41) is 5.40. The average Bonchev–Trinajstić information content (AvgIpc) is 2.37. The van der Waals surface area contributed by atoms with Crippen molar-refractivity contribution in [3.05, 3.63) is 0 Å². The Labute approximate surface area is 139 Å². The second-order valence-corrected chi connectivity index (χ2v) is 7.16. The minimum absolute atomic E-state index is 0.00515. The van der Waals surface area contributed by atoms with E-state index >= 15 is 0 Å². The van der Waals surface area contributed by atoms with Gasteiger partial charge in [-0.1, -0.05) is 20.8 Å². The van der Waals surface area contributed by atoms with Gasteiger partial charge in [0.05, 0.1) is 26.4 Å². The monoisotopic (exact) mass is 332 g/mol. The highest BCUT2D eigenvalue weighted by molar-refractivity contribution is 5.81. The van der Waals surface area contributed by atoms with Crippen molar-refractivity contribution in [1.29, 1.82) is 0 Å². The Morgan fingerprint density at radius 2 is 1.26 bits per heavy atom. The van der Waals surface area contributed by atoms with Gasteiger partial charge in [-0.3, -0.25) is 4.79 Å². The zero-order valence-electron chi connectivity index (χ0n) is 15.3. The van der Waals surface area contributed by atoms with Gasteiger partial charge in [-0.05, 0) is 20.8 Å². The molecule has 0 radical (unpaired) electrons. The maximum Gasteiger partial charge on any atom is 0.407 e.